The average Bonchev–Trinajstić information content (AvgIpc) is 2.50. The first kappa shape index (κ1) is 10.5. The molecule has 0 aromatic heterocycles. The highest BCUT2D eigenvalue weighted by Crippen LogP contribution is 2.26. The zero-order valence-electron chi connectivity index (χ0n) is 7.90. The number of aliphatic carboxylic acids is 1. The van der Waals surface area contributed by atoms with Crippen LogP contribution in [0.3, 0.4) is 0 Å². The summed E-state index contributed by atoms with van der Waals surface area (Å²) in [5.41, 5.74) is 5.75. The Labute approximate surface area is 78.1 Å². The third-order valence-corrected chi connectivity index (χ3v) is 2.66. The van der Waals surface area contributed by atoms with E-state index in [0.717, 1.165) is 13.0 Å². The van der Waals surface area contributed by atoms with Gasteiger partial charge in [0.25, 0.3) is 0 Å². The SMILES string of the molecule is CC(N)C(CC(=O)O)C1CCOC1. The number of ether oxygens (including phenoxy) is 1. The summed E-state index contributed by atoms with van der Waals surface area (Å²) < 4.78 is 5.22. The lowest BCUT2D eigenvalue weighted by Gasteiger charge is -2.24. The van der Waals surface area contributed by atoms with E-state index >= 15 is 0 Å². The van der Waals surface area contributed by atoms with Crippen molar-refractivity contribution < 1.29 is 14.6 Å². The largest absolute Gasteiger partial charge is 0.481 e. The monoisotopic (exact) mass is 187 g/mol. The molecule has 3 N–H and O–H groups in total. The van der Waals surface area contributed by atoms with Crippen LogP contribution in [0.2, 0.25) is 0 Å². The Morgan fingerprint density at radius 1 is 1.77 bits per heavy atom. The molecule has 0 saturated carbocycles. The summed E-state index contributed by atoms with van der Waals surface area (Å²) in [5, 5.41) is 8.70. The highest BCUT2D eigenvalue weighted by Gasteiger charge is 2.29. The van der Waals surface area contributed by atoms with Crippen LogP contribution in [0.5, 0.6) is 0 Å². The van der Waals surface area contributed by atoms with Gasteiger partial charge in [-0.1, -0.05) is 0 Å². The van der Waals surface area contributed by atoms with Crippen LogP contribution in [0.15, 0.2) is 0 Å². The van der Waals surface area contributed by atoms with Crippen molar-refractivity contribution in [1.82, 2.24) is 0 Å². The smallest absolute Gasteiger partial charge is 0.303 e. The molecule has 0 spiro atoms. The predicted molar refractivity (Wildman–Crippen MR) is 48.3 cm³/mol. The minimum Gasteiger partial charge on any atom is -0.481 e. The maximum atomic E-state index is 10.6. The summed E-state index contributed by atoms with van der Waals surface area (Å²) in [6.07, 6.45) is 1.10. The van der Waals surface area contributed by atoms with E-state index in [9.17, 15) is 4.79 Å². The van der Waals surface area contributed by atoms with E-state index in [1.807, 2.05) is 6.92 Å². The van der Waals surface area contributed by atoms with Gasteiger partial charge in [0.05, 0.1) is 0 Å². The third-order valence-electron chi connectivity index (χ3n) is 2.66. The van der Waals surface area contributed by atoms with Crippen molar-refractivity contribution in [3.63, 3.8) is 0 Å². The van der Waals surface area contributed by atoms with E-state index < -0.39 is 5.97 Å². The standard InChI is InChI=1S/C9H17NO3/c1-6(10)8(4-9(11)12)7-2-3-13-5-7/h6-8H,2-5,10H2,1H3,(H,11,12). The maximum Gasteiger partial charge on any atom is 0.303 e. The molecular weight excluding hydrogens is 170 g/mol. The summed E-state index contributed by atoms with van der Waals surface area (Å²) in [6.45, 7) is 3.28. The van der Waals surface area contributed by atoms with Crippen molar-refractivity contribution in [3.8, 4) is 0 Å². The van der Waals surface area contributed by atoms with E-state index in [1.165, 1.54) is 0 Å². The molecule has 1 heterocycles. The molecule has 1 saturated heterocycles. The Morgan fingerprint density at radius 2 is 2.46 bits per heavy atom. The Kier molecular flexibility index (Phi) is 3.69. The predicted octanol–water partition coefficient (Wildman–Crippen LogP) is 0.461. The maximum absolute atomic E-state index is 10.6. The highest BCUT2D eigenvalue weighted by atomic mass is 16.5. The van der Waals surface area contributed by atoms with Crippen LogP contribution in [0, 0.1) is 11.8 Å². The lowest BCUT2D eigenvalue weighted by atomic mass is 9.84. The van der Waals surface area contributed by atoms with E-state index in [1.54, 1.807) is 0 Å². The molecule has 1 aliphatic heterocycles. The molecule has 4 heteroatoms. The van der Waals surface area contributed by atoms with Crippen molar-refractivity contribution in [2.45, 2.75) is 25.8 Å². The molecule has 0 aromatic carbocycles. The number of carboxylic acid groups (broad SMARTS) is 1. The second-order valence-corrected chi connectivity index (χ2v) is 3.74. The molecule has 3 unspecified atom stereocenters. The van der Waals surface area contributed by atoms with Gasteiger partial charge in [0.15, 0.2) is 0 Å². The number of hydrogen-bond donors (Lipinski definition) is 2. The first-order valence-corrected chi connectivity index (χ1v) is 4.66. The van der Waals surface area contributed by atoms with Crippen LogP contribution in [0.1, 0.15) is 19.8 Å². The number of hydrogen-bond acceptors (Lipinski definition) is 3. The zero-order valence-corrected chi connectivity index (χ0v) is 7.90. The first-order valence-electron chi connectivity index (χ1n) is 4.66. The summed E-state index contributed by atoms with van der Waals surface area (Å²) in [5.74, 6) is -0.384. The number of nitrogens with two attached hydrogens (primary N) is 1. The fourth-order valence-corrected chi connectivity index (χ4v) is 1.87. The van der Waals surface area contributed by atoms with Crippen LogP contribution in [0.25, 0.3) is 0 Å². The van der Waals surface area contributed by atoms with E-state index in [4.69, 9.17) is 15.6 Å². The van der Waals surface area contributed by atoms with E-state index in [0.29, 0.717) is 12.5 Å². The van der Waals surface area contributed by atoms with Crippen molar-refractivity contribution in [2.24, 2.45) is 17.6 Å². The molecule has 76 valence electrons. The molecule has 0 aliphatic carbocycles. The van der Waals surface area contributed by atoms with Crippen LogP contribution >= 0.6 is 0 Å². The molecule has 1 rings (SSSR count). The molecule has 1 aliphatic rings. The van der Waals surface area contributed by atoms with Gasteiger partial charge >= 0.3 is 5.97 Å². The summed E-state index contributed by atoms with van der Waals surface area (Å²) in [4.78, 5) is 10.6. The quantitative estimate of drug-likeness (QED) is 0.670. The van der Waals surface area contributed by atoms with Gasteiger partial charge in [-0.05, 0) is 25.2 Å². The van der Waals surface area contributed by atoms with E-state index in [2.05, 4.69) is 0 Å². The number of rotatable bonds is 4. The fraction of sp³-hybridized carbons (Fsp3) is 0.889. The topological polar surface area (TPSA) is 72.6 Å². The summed E-state index contributed by atoms with van der Waals surface area (Å²) >= 11 is 0. The highest BCUT2D eigenvalue weighted by molar-refractivity contribution is 5.67. The Morgan fingerprint density at radius 3 is 2.85 bits per heavy atom. The zero-order chi connectivity index (χ0) is 9.84. The molecular formula is C9H17NO3. The van der Waals surface area contributed by atoms with E-state index in [-0.39, 0.29) is 18.4 Å². The molecule has 13 heavy (non-hydrogen) atoms. The van der Waals surface area contributed by atoms with Crippen molar-refractivity contribution in [1.29, 1.82) is 0 Å². The van der Waals surface area contributed by atoms with Crippen LogP contribution in [-0.2, 0) is 9.53 Å². The van der Waals surface area contributed by atoms with Crippen molar-refractivity contribution in [3.05, 3.63) is 0 Å². The Hall–Kier alpha value is -0.610. The lowest BCUT2D eigenvalue weighted by Crippen LogP contribution is -2.34. The van der Waals surface area contributed by atoms with Gasteiger partial charge in [0.1, 0.15) is 0 Å². The van der Waals surface area contributed by atoms with Crippen LogP contribution in [-0.4, -0.2) is 30.3 Å². The van der Waals surface area contributed by atoms with Gasteiger partial charge in [-0.3, -0.25) is 4.79 Å². The first-order chi connectivity index (χ1) is 6.11. The minimum absolute atomic E-state index is 0.0556. The molecule has 0 radical (unpaired) electrons. The van der Waals surface area contributed by atoms with Gasteiger partial charge in [0, 0.05) is 25.7 Å². The third kappa shape index (κ3) is 2.97. The van der Waals surface area contributed by atoms with Crippen LogP contribution in [0.4, 0.5) is 0 Å². The van der Waals surface area contributed by atoms with Crippen molar-refractivity contribution in [2.75, 3.05) is 13.2 Å². The van der Waals surface area contributed by atoms with Gasteiger partial charge < -0.3 is 15.6 Å². The van der Waals surface area contributed by atoms with Gasteiger partial charge in [0.2, 0.25) is 0 Å². The van der Waals surface area contributed by atoms with Gasteiger partial charge in [-0.15, -0.1) is 0 Å². The molecule has 3 atom stereocenters. The Bertz CT molecular complexity index is 176. The summed E-state index contributed by atoms with van der Waals surface area (Å²) in [6, 6.07) is -0.0669. The fourth-order valence-electron chi connectivity index (χ4n) is 1.87. The summed E-state index contributed by atoms with van der Waals surface area (Å²) in [7, 11) is 0. The molecule has 0 aromatic rings. The second kappa shape index (κ2) is 4.58. The number of carboxylic acids is 1. The molecule has 4 nitrogen and oxygen atoms in total. The minimum atomic E-state index is -0.769. The average molecular weight is 187 g/mol. The number of carbonyl (C=O) groups is 1. The lowest BCUT2D eigenvalue weighted by molar-refractivity contribution is -0.138. The molecule has 0 amide bonds. The molecule has 1 fully saturated rings. The van der Waals surface area contributed by atoms with Gasteiger partial charge in [-0.2, -0.15) is 0 Å². The van der Waals surface area contributed by atoms with Gasteiger partial charge in [-0.25, -0.2) is 0 Å². The second-order valence-electron chi connectivity index (χ2n) is 3.74. The van der Waals surface area contributed by atoms with Crippen LogP contribution < -0.4 is 5.73 Å². The molecule has 0 bridgehead atoms. The van der Waals surface area contributed by atoms with Crippen molar-refractivity contribution >= 4 is 5.97 Å². The normalized spacial score (nSPS) is 27.1. The Balaban J connectivity index is 2.50.